The second-order valence-electron chi connectivity index (χ2n) is 8.62. The molecule has 0 aliphatic heterocycles. The van der Waals surface area contributed by atoms with Crippen LogP contribution in [0.1, 0.15) is 60.8 Å². The number of hydrogen-bond donors (Lipinski definition) is 1. The van der Waals surface area contributed by atoms with Gasteiger partial charge in [0.05, 0.1) is 38.0 Å². The van der Waals surface area contributed by atoms with E-state index in [0.717, 1.165) is 25.9 Å². The van der Waals surface area contributed by atoms with E-state index in [9.17, 15) is 9.59 Å². The second-order valence-corrected chi connectivity index (χ2v) is 8.62. The van der Waals surface area contributed by atoms with Crippen LogP contribution in [0.4, 0.5) is 0 Å². The largest absolute Gasteiger partial charge is 0.379 e. The maximum Gasteiger partial charge on any atom is 0.244 e. The molecule has 190 valence electrons. The number of ether oxygens (including phenoxy) is 3. The molecule has 0 saturated carbocycles. The van der Waals surface area contributed by atoms with Gasteiger partial charge in [0.15, 0.2) is 0 Å². The Balaban J connectivity index is 4.71. The highest BCUT2D eigenvalue weighted by atomic mass is 16.5. The number of hydrogen-bond acceptors (Lipinski definition) is 6. The number of carbonyl (C=O) groups excluding carboxylic acids is 2. The van der Waals surface area contributed by atoms with Crippen LogP contribution < -0.4 is 5.32 Å². The lowest BCUT2D eigenvalue weighted by atomic mass is 9.91. The van der Waals surface area contributed by atoms with Crippen LogP contribution in [0.5, 0.6) is 0 Å². The van der Waals surface area contributed by atoms with Crippen LogP contribution in [0.3, 0.4) is 0 Å². The van der Waals surface area contributed by atoms with Gasteiger partial charge in [0, 0.05) is 27.3 Å². The molecule has 5 atom stereocenters. The molecule has 0 fully saturated rings. The summed E-state index contributed by atoms with van der Waals surface area (Å²) in [5.74, 6) is 0.00509. The normalized spacial score (nSPS) is 16.3. The first-order valence-corrected chi connectivity index (χ1v) is 12.1. The Morgan fingerprint density at radius 3 is 2.00 bits per heavy atom. The zero-order valence-corrected chi connectivity index (χ0v) is 22.0. The van der Waals surface area contributed by atoms with Gasteiger partial charge in [-0.3, -0.25) is 14.5 Å². The average Bonchev–Trinajstić information content (AvgIpc) is 2.79. The third-order valence-corrected chi connectivity index (χ3v) is 6.19. The molecule has 3 unspecified atom stereocenters. The van der Waals surface area contributed by atoms with Crippen molar-refractivity contribution >= 4 is 11.8 Å². The summed E-state index contributed by atoms with van der Waals surface area (Å²) in [5.41, 5.74) is 0. The molecular weight excluding hydrogens is 410 g/mol. The quantitative estimate of drug-likeness (QED) is 0.317. The highest BCUT2D eigenvalue weighted by molar-refractivity contribution is 5.89. The van der Waals surface area contributed by atoms with Crippen LogP contribution in [-0.2, 0) is 23.8 Å². The Hall–Kier alpha value is -1.22. The van der Waals surface area contributed by atoms with Gasteiger partial charge in [-0.15, -0.1) is 0 Å². The van der Waals surface area contributed by atoms with Gasteiger partial charge in [0.1, 0.15) is 6.04 Å². The predicted octanol–water partition coefficient (Wildman–Crippen LogP) is 2.55. The SMILES string of the molecule is CCCOCCOCCN(C)C(C)C(=O)N[C@@H](C)C(=O)N(C)[C@@H](C(C)CC)C(CC)OC. The third kappa shape index (κ3) is 10.6. The molecule has 0 spiro atoms. The average molecular weight is 460 g/mol. The monoisotopic (exact) mass is 459 g/mol. The minimum absolute atomic E-state index is 0.0413. The van der Waals surface area contributed by atoms with Gasteiger partial charge in [-0.1, -0.05) is 34.1 Å². The lowest BCUT2D eigenvalue weighted by molar-refractivity contribution is -0.141. The number of rotatable bonds is 18. The van der Waals surface area contributed by atoms with Crippen molar-refractivity contribution in [1.29, 1.82) is 0 Å². The molecule has 0 saturated heterocycles. The van der Waals surface area contributed by atoms with Crippen molar-refractivity contribution in [3.63, 3.8) is 0 Å². The van der Waals surface area contributed by atoms with E-state index in [1.54, 1.807) is 26.0 Å². The van der Waals surface area contributed by atoms with Gasteiger partial charge in [-0.25, -0.2) is 0 Å². The van der Waals surface area contributed by atoms with Crippen molar-refractivity contribution in [2.75, 3.05) is 54.2 Å². The van der Waals surface area contributed by atoms with E-state index >= 15 is 0 Å². The molecule has 32 heavy (non-hydrogen) atoms. The highest BCUT2D eigenvalue weighted by Gasteiger charge is 2.34. The van der Waals surface area contributed by atoms with Gasteiger partial charge in [-0.2, -0.15) is 0 Å². The molecule has 0 bridgehead atoms. The number of methoxy groups -OCH3 is 1. The Morgan fingerprint density at radius 2 is 1.50 bits per heavy atom. The fraction of sp³-hybridized carbons (Fsp3) is 0.917. The summed E-state index contributed by atoms with van der Waals surface area (Å²) in [6, 6.07) is -1.03. The lowest BCUT2D eigenvalue weighted by Crippen LogP contribution is -2.56. The third-order valence-electron chi connectivity index (χ3n) is 6.19. The van der Waals surface area contributed by atoms with Gasteiger partial charge in [0.2, 0.25) is 11.8 Å². The van der Waals surface area contributed by atoms with E-state index in [4.69, 9.17) is 14.2 Å². The predicted molar refractivity (Wildman–Crippen MR) is 129 cm³/mol. The summed E-state index contributed by atoms with van der Waals surface area (Å²) >= 11 is 0. The fourth-order valence-corrected chi connectivity index (χ4v) is 3.70. The van der Waals surface area contributed by atoms with Gasteiger partial charge in [0.25, 0.3) is 0 Å². The first-order valence-electron chi connectivity index (χ1n) is 12.1. The van der Waals surface area contributed by atoms with E-state index in [1.807, 2.05) is 18.9 Å². The van der Waals surface area contributed by atoms with Crippen LogP contribution in [-0.4, -0.2) is 100 Å². The Kier molecular flexibility index (Phi) is 16.6. The van der Waals surface area contributed by atoms with Gasteiger partial charge < -0.3 is 24.4 Å². The smallest absolute Gasteiger partial charge is 0.244 e. The molecular formula is C24H49N3O5. The zero-order chi connectivity index (χ0) is 24.7. The zero-order valence-electron chi connectivity index (χ0n) is 22.0. The van der Waals surface area contributed by atoms with Crippen LogP contribution in [0.15, 0.2) is 0 Å². The molecule has 0 rings (SSSR count). The summed E-state index contributed by atoms with van der Waals surface area (Å²) in [4.78, 5) is 29.5. The Labute approximate surface area is 196 Å². The minimum Gasteiger partial charge on any atom is -0.379 e. The topological polar surface area (TPSA) is 80.3 Å². The lowest BCUT2D eigenvalue weighted by Gasteiger charge is -2.38. The summed E-state index contributed by atoms with van der Waals surface area (Å²) in [5, 5.41) is 2.88. The molecule has 0 aromatic carbocycles. The van der Waals surface area contributed by atoms with Gasteiger partial charge in [-0.05, 0) is 39.7 Å². The molecule has 0 radical (unpaired) electrons. The summed E-state index contributed by atoms with van der Waals surface area (Å²) in [7, 11) is 5.37. The second kappa shape index (κ2) is 17.3. The van der Waals surface area contributed by atoms with E-state index in [-0.39, 0.29) is 35.9 Å². The summed E-state index contributed by atoms with van der Waals surface area (Å²) in [6.07, 6.45) is 2.71. The van der Waals surface area contributed by atoms with E-state index < -0.39 is 6.04 Å². The van der Waals surface area contributed by atoms with Gasteiger partial charge >= 0.3 is 0 Å². The molecule has 0 aromatic rings. The van der Waals surface area contributed by atoms with Crippen LogP contribution in [0.2, 0.25) is 0 Å². The van der Waals surface area contributed by atoms with Crippen molar-refractivity contribution in [1.82, 2.24) is 15.1 Å². The van der Waals surface area contributed by atoms with Crippen molar-refractivity contribution in [3.05, 3.63) is 0 Å². The van der Waals surface area contributed by atoms with Crippen molar-refractivity contribution < 1.29 is 23.8 Å². The molecule has 8 nitrogen and oxygen atoms in total. The highest BCUT2D eigenvalue weighted by Crippen LogP contribution is 2.21. The number of likely N-dealkylation sites (N-methyl/N-ethyl adjacent to an activating group) is 2. The maximum absolute atomic E-state index is 13.1. The maximum atomic E-state index is 13.1. The molecule has 0 aliphatic carbocycles. The van der Waals surface area contributed by atoms with E-state index in [1.165, 1.54) is 0 Å². The Bertz CT molecular complexity index is 516. The van der Waals surface area contributed by atoms with Crippen molar-refractivity contribution in [2.24, 2.45) is 5.92 Å². The van der Waals surface area contributed by atoms with Crippen LogP contribution in [0.25, 0.3) is 0 Å². The van der Waals surface area contributed by atoms with E-state index in [0.29, 0.717) is 26.4 Å². The molecule has 1 N–H and O–H groups in total. The summed E-state index contributed by atoms with van der Waals surface area (Å²) in [6.45, 7) is 15.0. The molecule has 2 amide bonds. The van der Waals surface area contributed by atoms with Crippen molar-refractivity contribution in [2.45, 2.75) is 85.0 Å². The Morgan fingerprint density at radius 1 is 0.906 bits per heavy atom. The number of nitrogens with zero attached hydrogens (tertiary/aromatic N) is 2. The first-order chi connectivity index (χ1) is 15.2. The van der Waals surface area contributed by atoms with E-state index in [2.05, 4.69) is 33.0 Å². The van der Waals surface area contributed by atoms with Crippen LogP contribution >= 0.6 is 0 Å². The summed E-state index contributed by atoms with van der Waals surface area (Å²) < 4.78 is 16.6. The van der Waals surface area contributed by atoms with Crippen molar-refractivity contribution in [3.8, 4) is 0 Å². The first kappa shape index (κ1) is 30.8. The van der Waals surface area contributed by atoms with Crippen LogP contribution in [0, 0.1) is 5.92 Å². The minimum atomic E-state index is -0.615. The fourth-order valence-electron chi connectivity index (χ4n) is 3.70. The number of amides is 2. The standard InChI is InChI=1S/C24H49N3O5/c1-10-14-31-16-17-32-15-13-26(7)20(6)23(28)25-19(5)24(29)27(8)22(18(4)11-2)21(12-3)30-9/h18-22H,10-17H2,1-9H3,(H,25,28)/t18?,19-,20?,21?,22-/m0/s1. The number of nitrogens with one attached hydrogen (secondary N) is 1. The molecule has 8 heteroatoms. The number of carbonyl (C=O) groups is 2. The molecule has 0 heterocycles. The molecule has 0 aromatic heterocycles. The molecule has 0 aliphatic rings.